The van der Waals surface area contributed by atoms with Crippen LogP contribution in [0.3, 0.4) is 0 Å². The average molecular weight is 314 g/mol. The normalized spacial score (nSPS) is 11.9. The summed E-state index contributed by atoms with van der Waals surface area (Å²) < 4.78 is 27.3. The van der Waals surface area contributed by atoms with Gasteiger partial charge in [-0.1, -0.05) is 18.2 Å². The number of fused-ring (bicyclic) bond motifs is 1. The van der Waals surface area contributed by atoms with Crippen LogP contribution in [0.2, 0.25) is 0 Å². The van der Waals surface area contributed by atoms with Gasteiger partial charge in [0.25, 0.3) is 0 Å². The Balaban J connectivity index is 1.80. The minimum absolute atomic E-state index is 0.274. The molecule has 114 valence electrons. The van der Waals surface area contributed by atoms with Crippen molar-refractivity contribution in [2.24, 2.45) is 0 Å². The number of sulfonamides is 1. The lowest BCUT2D eigenvalue weighted by molar-refractivity contribution is 0.581. The van der Waals surface area contributed by atoms with E-state index in [9.17, 15) is 8.42 Å². The molecule has 22 heavy (non-hydrogen) atoms. The number of aromatic nitrogens is 1. The van der Waals surface area contributed by atoms with Gasteiger partial charge in [0, 0.05) is 17.8 Å². The maximum atomic E-state index is 12.3. The van der Waals surface area contributed by atoms with Crippen LogP contribution in [0.15, 0.2) is 53.4 Å². The molecule has 4 nitrogen and oxygen atoms in total. The number of benzene rings is 2. The molecule has 0 bridgehead atoms. The SMILES string of the molecule is Cc1cccc(S(=O)(=O)NCc2ccc3[nH]c(C)cc3c2)c1. The van der Waals surface area contributed by atoms with Crippen molar-refractivity contribution >= 4 is 20.9 Å². The van der Waals surface area contributed by atoms with E-state index in [4.69, 9.17) is 0 Å². The average Bonchev–Trinajstić information content (AvgIpc) is 2.84. The van der Waals surface area contributed by atoms with Gasteiger partial charge in [-0.05, 0) is 60.7 Å². The third-order valence-corrected chi connectivity index (χ3v) is 4.98. The van der Waals surface area contributed by atoms with Crippen LogP contribution in [0.1, 0.15) is 16.8 Å². The lowest BCUT2D eigenvalue weighted by Gasteiger charge is -2.07. The van der Waals surface area contributed by atoms with Gasteiger partial charge in [0.15, 0.2) is 0 Å². The van der Waals surface area contributed by atoms with Crippen molar-refractivity contribution in [1.82, 2.24) is 9.71 Å². The number of aromatic amines is 1. The first-order valence-corrected chi connectivity index (χ1v) is 8.57. The second-order valence-corrected chi connectivity index (χ2v) is 7.28. The number of nitrogens with one attached hydrogen (secondary N) is 2. The number of rotatable bonds is 4. The highest BCUT2D eigenvalue weighted by molar-refractivity contribution is 7.89. The zero-order chi connectivity index (χ0) is 15.7. The summed E-state index contributed by atoms with van der Waals surface area (Å²) in [7, 11) is -3.49. The number of aryl methyl sites for hydroxylation is 2. The van der Waals surface area contributed by atoms with Crippen LogP contribution in [0.5, 0.6) is 0 Å². The Labute approximate surface area is 130 Å². The Hall–Kier alpha value is -2.11. The van der Waals surface area contributed by atoms with Crippen molar-refractivity contribution in [2.75, 3.05) is 0 Å². The summed E-state index contributed by atoms with van der Waals surface area (Å²) in [6.45, 7) is 4.15. The zero-order valence-corrected chi connectivity index (χ0v) is 13.4. The third kappa shape index (κ3) is 3.05. The summed E-state index contributed by atoms with van der Waals surface area (Å²) >= 11 is 0. The molecule has 0 aliphatic carbocycles. The fourth-order valence-corrected chi connectivity index (χ4v) is 3.60. The molecule has 2 aromatic carbocycles. The molecular weight excluding hydrogens is 296 g/mol. The molecule has 0 unspecified atom stereocenters. The molecular formula is C17H18N2O2S. The number of hydrogen-bond acceptors (Lipinski definition) is 2. The van der Waals surface area contributed by atoms with E-state index in [-0.39, 0.29) is 6.54 Å². The van der Waals surface area contributed by atoms with E-state index in [1.54, 1.807) is 18.2 Å². The maximum absolute atomic E-state index is 12.3. The largest absolute Gasteiger partial charge is 0.359 e. The minimum Gasteiger partial charge on any atom is -0.359 e. The molecule has 3 aromatic rings. The second-order valence-electron chi connectivity index (χ2n) is 5.52. The fourth-order valence-electron chi connectivity index (χ4n) is 2.48. The Kier molecular flexibility index (Phi) is 3.76. The maximum Gasteiger partial charge on any atom is 0.240 e. The molecule has 3 rings (SSSR count). The van der Waals surface area contributed by atoms with Crippen LogP contribution in [0.25, 0.3) is 10.9 Å². The van der Waals surface area contributed by atoms with E-state index in [0.29, 0.717) is 4.90 Å². The highest BCUT2D eigenvalue weighted by Crippen LogP contribution is 2.17. The van der Waals surface area contributed by atoms with Crippen molar-refractivity contribution in [3.05, 3.63) is 65.4 Å². The minimum atomic E-state index is -3.49. The van der Waals surface area contributed by atoms with Crippen LogP contribution in [-0.2, 0) is 16.6 Å². The van der Waals surface area contributed by atoms with Crippen LogP contribution >= 0.6 is 0 Å². The molecule has 0 spiro atoms. The van der Waals surface area contributed by atoms with Gasteiger partial charge >= 0.3 is 0 Å². The highest BCUT2D eigenvalue weighted by atomic mass is 32.2. The van der Waals surface area contributed by atoms with Gasteiger partial charge in [0.1, 0.15) is 0 Å². The van der Waals surface area contributed by atoms with Crippen molar-refractivity contribution in [3.8, 4) is 0 Å². The smallest absolute Gasteiger partial charge is 0.240 e. The molecule has 0 saturated carbocycles. The van der Waals surface area contributed by atoms with Gasteiger partial charge in [-0.25, -0.2) is 13.1 Å². The number of H-pyrrole nitrogens is 1. The fraction of sp³-hybridized carbons (Fsp3) is 0.176. The van der Waals surface area contributed by atoms with Gasteiger partial charge in [0.05, 0.1) is 4.90 Å². The first-order chi connectivity index (χ1) is 10.4. The Morgan fingerprint density at radius 3 is 2.64 bits per heavy atom. The summed E-state index contributed by atoms with van der Waals surface area (Å²) in [6.07, 6.45) is 0. The Morgan fingerprint density at radius 1 is 1.05 bits per heavy atom. The molecule has 0 radical (unpaired) electrons. The van der Waals surface area contributed by atoms with Crippen molar-refractivity contribution in [2.45, 2.75) is 25.3 Å². The summed E-state index contributed by atoms with van der Waals surface area (Å²) in [6, 6.07) is 14.8. The molecule has 0 amide bonds. The van der Waals surface area contributed by atoms with Gasteiger partial charge in [0.2, 0.25) is 10.0 Å². The lowest BCUT2D eigenvalue weighted by atomic mass is 10.1. The van der Waals surface area contributed by atoms with Crippen molar-refractivity contribution in [1.29, 1.82) is 0 Å². The topological polar surface area (TPSA) is 62.0 Å². The van der Waals surface area contributed by atoms with Gasteiger partial charge in [-0.3, -0.25) is 0 Å². The van der Waals surface area contributed by atoms with Gasteiger partial charge in [-0.15, -0.1) is 0 Å². The third-order valence-electron chi connectivity index (χ3n) is 3.59. The summed E-state index contributed by atoms with van der Waals surface area (Å²) in [4.78, 5) is 3.55. The highest BCUT2D eigenvalue weighted by Gasteiger charge is 2.13. The van der Waals surface area contributed by atoms with Crippen LogP contribution in [0, 0.1) is 13.8 Å². The van der Waals surface area contributed by atoms with Crippen molar-refractivity contribution < 1.29 is 8.42 Å². The van der Waals surface area contributed by atoms with E-state index < -0.39 is 10.0 Å². The van der Waals surface area contributed by atoms with E-state index in [2.05, 4.69) is 9.71 Å². The van der Waals surface area contributed by atoms with Crippen molar-refractivity contribution in [3.63, 3.8) is 0 Å². The van der Waals surface area contributed by atoms with Crippen LogP contribution in [-0.4, -0.2) is 13.4 Å². The predicted molar refractivity (Wildman–Crippen MR) is 88.2 cm³/mol. The second kappa shape index (κ2) is 5.59. The Bertz CT molecular complexity index is 927. The predicted octanol–water partition coefficient (Wildman–Crippen LogP) is 3.26. The summed E-state index contributed by atoms with van der Waals surface area (Å²) in [5, 5.41) is 1.09. The first-order valence-electron chi connectivity index (χ1n) is 7.09. The standard InChI is InChI=1S/C17H18N2O2S/c1-12-4-3-5-16(8-12)22(20,21)18-11-14-6-7-17-15(10-14)9-13(2)19-17/h3-10,18-19H,11H2,1-2H3. The quantitative estimate of drug-likeness (QED) is 0.776. The molecule has 0 atom stereocenters. The molecule has 0 aliphatic heterocycles. The van der Waals surface area contributed by atoms with E-state index in [0.717, 1.165) is 27.7 Å². The molecule has 1 aromatic heterocycles. The van der Waals surface area contributed by atoms with Crippen LogP contribution < -0.4 is 4.72 Å². The van der Waals surface area contributed by atoms with E-state index in [1.165, 1.54) is 0 Å². The number of hydrogen-bond donors (Lipinski definition) is 2. The molecule has 1 heterocycles. The summed E-state index contributed by atoms with van der Waals surface area (Å²) in [5.74, 6) is 0. The Morgan fingerprint density at radius 2 is 1.86 bits per heavy atom. The monoisotopic (exact) mass is 314 g/mol. The lowest BCUT2D eigenvalue weighted by Crippen LogP contribution is -2.23. The molecule has 0 fully saturated rings. The zero-order valence-electron chi connectivity index (χ0n) is 12.6. The van der Waals surface area contributed by atoms with Gasteiger partial charge in [-0.2, -0.15) is 0 Å². The molecule has 0 aliphatic rings. The van der Waals surface area contributed by atoms with E-state index >= 15 is 0 Å². The van der Waals surface area contributed by atoms with E-state index in [1.807, 2.05) is 44.2 Å². The molecule has 2 N–H and O–H groups in total. The first kappa shape index (κ1) is 14.8. The molecule has 0 saturated heterocycles. The summed E-state index contributed by atoms with van der Waals surface area (Å²) in [5.41, 5.74) is 4.00. The molecule has 5 heteroatoms. The van der Waals surface area contributed by atoms with Crippen LogP contribution in [0.4, 0.5) is 0 Å². The van der Waals surface area contributed by atoms with Gasteiger partial charge < -0.3 is 4.98 Å².